The fraction of sp³-hybridized carbons (Fsp3) is 0.571. The summed E-state index contributed by atoms with van der Waals surface area (Å²) in [4.78, 5) is 38.4. The Morgan fingerprint density at radius 3 is 2.21 bits per heavy atom. The lowest BCUT2D eigenvalue weighted by molar-refractivity contribution is -0.176. The Balaban J connectivity index is 2.61. The highest BCUT2D eigenvalue weighted by atomic mass is 16.5. The van der Waals surface area contributed by atoms with E-state index in [-0.39, 0.29) is 12.2 Å². The molecule has 1 saturated carbocycles. The van der Waals surface area contributed by atoms with Crippen molar-refractivity contribution in [3.05, 3.63) is 29.8 Å². The Morgan fingerprint density at radius 1 is 1.11 bits per heavy atom. The van der Waals surface area contributed by atoms with Crippen LogP contribution in [0.3, 0.4) is 0 Å². The molecule has 0 spiro atoms. The second kappa shape index (κ2) is 8.31. The number of ketones is 1. The van der Waals surface area contributed by atoms with Gasteiger partial charge < -0.3 is 19.7 Å². The average molecular weight is 392 g/mol. The second-order valence-electron chi connectivity index (χ2n) is 8.05. The normalized spacial score (nSPS) is 27.7. The number of aromatic hydroxyl groups is 1. The quantitative estimate of drug-likeness (QED) is 0.584. The molecule has 154 valence electrons. The van der Waals surface area contributed by atoms with Crippen LogP contribution >= 0.6 is 0 Å². The zero-order chi connectivity index (χ0) is 21.2. The number of phenolic OH excluding ortho intramolecular Hbond substituents is 1. The number of Topliss-reactive ketones (excluding diaryl/α,β-unsaturated/α-hetero) is 1. The first-order chi connectivity index (χ1) is 12.9. The van der Waals surface area contributed by atoms with Crippen molar-refractivity contribution in [3.8, 4) is 5.75 Å². The number of hydrogen-bond donors (Lipinski definition) is 2. The number of aliphatic hydroxyl groups is 1. The summed E-state index contributed by atoms with van der Waals surface area (Å²) in [5, 5.41) is 20.8. The molecule has 7 heteroatoms. The molecular formula is C21H28O7. The van der Waals surface area contributed by atoms with Gasteiger partial charge >= 0.3 is 11.9 Å². The van der Waals surface area contributed by atoms with Gasteiger partial charge in [-0.2, -0.15) is 0 Å². The van der Waals surface area contributed by atoms with E-state index in [2.05, 4.69) is 0 Å². The zero-order valence-electron chi connectivity index (χ0n) is 16.8. The number of hydrogen-bond acceptors (Lipinski definition) is 7. The van der Waals surface area contributed by atoms with E-state index >= 15 is 0 Å². The highest BCUT2D eigenvalue weighted by Gasteiger charge is 2.57. The molecule has 1 aliphatic carbocycles. The molecule has 7 nitrogen and oxygen atoms in total. The van der Waals surface area contributed by atoms with Crippen molar-refractivity contribution in [2.75, 3.05) is 0 Å². The minimum absolute atomic E-state index is 0.0814. The Bertz CT molecular complexity index is 743. The maximum atomic E-state index is 12.9. The molecule has 0 heterocycles. The summed E-state index contributed by atoms with van der Waals surface area (Å²) < 4.78 is 10.6. The van der Waals surface area contributed by atoms with E-state index < -0.39 is 53.3 Å². The van der Waals surface area contributed by atoms with Gasteiger partial charge in [-0.25, -0.2) is 0 Å². The van der Waals surface area contributed by atoms with Gasteiger partial charge in [-0.1, -0.05) is 12.1 Å². The van der Waals surface area contributed by atoms with Crippen LogP contribution in [0.15, 0.2) is 24.3 Å². The van der Waals surface area contributed by atoms with Gasteiger partial charge in [0.25, 0.3) is 0 Å². The minimum Gasteiger partial charge on any atom is -0.508 e. The highest BCUT2D eigenvalue weighted by molar-refractivity contribution is 6.02. The maximum Gasteiger partial charge on any atom is 0.317 e. The second-order valence-corrected chi connectivity index (χ2v) is 8.05. The van der Waals surface area contributed by atoms with Crippen LogP contribution < -0.4 is 0 Å². The molecule has 1 aromatic carbocycles. The molecule has 1 aliphatic rings. The fourth-order valence-electron chi connectivity index (χ4n) is 3.76. The van der Waals surface area contributed by atoms with Gasteiger partial charge in [0.05, 0.1) is 23.7 Å². The molecule has 0 amide bonds. The summed E-state index contributed by atoms with van der Waals surface area (Å²) in [6.07, 6.45) is -1.27. The van der Waals surface area contributed by atoms with Crippen molar-refractivity contribution in [3.63, 3.8) is 0 Å². The summed E-state index contributed by atoms with van der Waals surface area (Å²) in [6.45, 7) is 8.06. The Kier molecular flexibility index (Phi) is 6.49. The van der Waals surface area contributed by atoms with Crippen molar-refractivity contribution in [2.24, 2.45) is 11.8 Å². The number of rotatable bonds is 5. The van der Waals surface area contributed by atoms with Crippen LogP contribution in [0.25, 0.3) is 0 Å². The summed E-state index contributed by atoms with van der Waals surface area (Å²) >= 11 is 0. The third-order valence-corrected chi connectivity index (χ3v) is 4.73. The summed E-state index contributed by atoms with van der Waals surface area (Å²) in [5.74, 6) is -5.55. The van der Waals surface area contributed by atoms with Crippen LogP contribution in [0.5, 0.6) is 5.75 Å². The van der Waals surface area contributed by atoms with Crippen molar-refractivity contribution in [1.29, 1.82) is 0 Å². The minimum atomic E-state index is -1.71. The zero-order valence-corrected chi connectivity index (χ0v) is 16.8. The Labute approximate surface area is 164 Å². The number of esters is 2. The van der Waals surface area contributed by atoms with Crippen LogP contribution in [-0.4, -0.2) is 45.7 Å². The number of phenols is 1. The smallest absolute Gasteiger partial charge is 0.317 e. The van der Waals surface area contributed by atoms with E-state index in [4.69, 9.17) is 9.47 Å². The molecule has 0 aliphatic heterocycles. The largest absolute Gasteiger partial charge is 0.508 e. The van der Waals surface area contributed by atoms with Crippen molar-refractivity contribution in [2.45, 2.75) is 64.8 Å². The maximum absolute atomic E-state index is 12.9. The van der Waals surface area contributed by atoms with Gasteiger partial charge in [0.15, 0.2) is 5.78 Å². The number of carbonyl (C=O) groups is 3. The van der Waals surface area contributed by atoms with Crippen LogP contribution in [0.2, 0.25) is 0 Å². The van der Waals surface area contributed by atoms with E-state index in [1.54, 1.807) is 39.8 Å². The molecule has 1 aromatic rings. The predicted octanol–water partition coefficient (Wildman–Crippen LogP) is 2.34. The van der Waals surface area contributed by atoms with Gasteiger partial charge in [-0.3, -0.25) is 14.4 Å². The predicted molar refractivity (Wildman–Crippen MR) is 101 cm³/mol. The van der Waals surface area contributed by atoms with Gasteiger partial charge in [0.2, 0.25) is 0 Å². The molecule has 2 rings (SSSR count). The van der Waals surface area contributed by atoms with Crippen LogP contribution in [0.1, 0.15) is 52.5 Å². The SMILES string of the molecule is CC(C)OC(=O)[C@H]1C(=O)C[C@](C)(O)[C@@H](C(=O)OC(C)C)[C@@H]1c1cccc(O)c1. The van der Waals surface area contributed by atoms with Crippen molar-refractivity contribution < 1.29 is 34.1 Å². The number of ether oxygens (including phenoxy) is 2. The molecule has 0 saturated heterocycles. The van der Waals surface area contributed by atoms with Gasteiger partial charge in [-0.15, -0.1) is 0 Å². The van der Waals surface area contributed by atoms with E-state index in [1.807, 2.05) is 0 Å². The molecule has 28 heavy (non-hydrogen) atoms. The van der Waals surface area contributed by atoms with Gasteiger partial charge in [0, 0.05) is 12.3 Å². The Morgan fingerprint density at radius 2 is 1.68 bits per heavy atom. The fourth-order valence-corrected chi connectivity index (χ4v) is 3.76. The highest BCUT2D eigenvalue weighted by Crippen LogP contribution is 2.47. The van der Waals surface area contributed by atoms with Crippen LogP contribution in [-0.2, 0) is 23.9 Å². The van der Waals surface area contributed by atoms with E-state index in [0.717, 1.165) is 0 Å². The monoisotopic (exact) mass is 392 g/mol. The lowest BCUT2D eigenvalue weighted by Gasteiger charge is -2.44. The van der Waals surface area contributed by atoms with Crippen molar-refractivity contribution in [1.82, 2.24) is 0 Å². The van der Waals surface area contributed by atoms with E-state index in [9.17, 15) is 24.6 Å². The molecule has 1 fully saturated rings. The molecule has 2 N–H and O–H groups in total. The first-order valence-electron chi connectivity index (χ1n) is 9.39. The van der Waals surface area contributed by atoms with E-state index in [0.29, 0.717) is 5.56 Å². The molecule has 4 atom stereocenters. The Hall–Kier alpha value is -2.41. The van der Waals surface area contributed by atoms with Crippen LogP contribution in [0.4, 0.5) is 0 Å². The number of carbonyl (C=O) groups excluding carboxylic acids is 3. The molecule has 0 unspecified atom stereocenters. The standard InChI is InChI=1S/C21H28O7/c1-11(2)27-19(24)17-15(23)10-21(5,26)18(20(25)28-12(3)4)16(17)13-7-6-8-14(22)9-13/h6-9,11-12,16-18,22,26H,10H2,1-5H3/t16-,17+,18-,21+/m1/s1. The van der Waals surface area contributed by atoms with Crippen molar-refractivity contribution >= 4 is 17.7 Å². The summed E-state index contributed by atoms with van der Waals surface area (Å²) in [5.41, 5.74) is -1.34. The first kappa shape index (κ1) is 21.9. The van der Waals surface area contributed by atoms with Gasteiger partial charge in [-0.05, 0) is 52.3 Å². The molecule has 0 radical (unpaired) electrons. The average Bonchev–Trinajstić information content (AvgIpc) is 2.51. The topological polar surface area (TPSA) is 110 Å². The van der Waals surface area contributed by atoms with Gasteiger partial charge in [0.1, 0.15) is 11.7 Å². The lowest BCUT2D eigenvalue weighted by Crippen LogP contribution is -2.55. The third-order valence-electron chi connectivity index (χ3n) is 4.73. The summed E-state index contributed by atoms with van der Waals surface area (Å²) in [7, 11) is 0. The first-order valence-corrected chi connectivity index (χ1v) is 9.39. The lowest BCUT2D eigenvalue weighted by atomic mass is 9.61. The third kappa shape index (κ3) is 4.70. The summed E-state index contributed by atoms with van der Waals surface area (Å²) in [6, 6.07) is 5.97. The van der Waals surface area contributed by atoms with Crippen LogP contribution in [0, 0.1) is 11.8 Å². The number of benzene rings is 1. The molecular weight excluding hydrogens is 364 g/mol. The molecule has 0 aromatic heterocycles. The van der Waals surface area contributed by atoms with E-state index in [1.165, 1.54) is 19.1 Å². The molecule has 0 bridgehead atoms.